The van der Waals surface area contributed by atoms with Crippen LogP contribution in [0.4, 0.5) is 16.2 Å². The van der Waals surface area contributed by atoms with Gasteiger partial charge in [0.2, 0.25) is 0 Å². The smallest absolute Gasteiger partial charge is 0.319 e. The largest absolute Gasteiger partial charge is 0.412 e. The topological polar surface area (TPSA) is 102 Å². The van der Waals surface area contributed by atoms with Gasteiger partial charge in [-0.15, -0.1) is 11.3 Å². The van der Waals surface area contributed by atoms with Crippen molar-refractivity contribution in [1.82, 2.24) is 5.32 Å². The first-order valence-electron chi connectivity index (χ1n) is 10.1. The Morgan fingerprint density at radius 1 is 0.909 bits per heavy atom. The lowest BCUT2D eigenvalue weighted by Gasteiger charge is -2.12. The third kappa shape index (κ3) is 6.52. The van der Waals surface area contributed by atoms with Gasteiger partial charge in [-0.2, -0.15) is 0 Å². The minimum atomic E-state index is -1.43. The Labute approximate surface area is 199 Å². The van der Waals surface area contributed by atoms with E-state index in [9.17, 15) is 9.00 Å². The molecule has 4 rings (SSSR count). The van der Waals surface area contributed by atoms with Crippen LogP contribution in [0.3, 0.4) is 0 Å². The zero-order valence-electron chi connectivity index (χ0n) is 18.0. The van der Waals surface area contributed by atoms with Crippen molar-refractivity contribution in [2.75, 3.05) is 10.0 Å². The summed E-state index contributed by atoms with van der Waals surface area (Å²) >= 11 is 1.62. The summed E-state index contributed by atoms with van der Waals surface area (Å²) < 4.78 is 16.1. The van der Waals surface area contributed by atoms with Gasteiger partial charge in [0.05, 0.1) is 11.4 Å². The first-order valence-corrected chi connectivity index (χ1v) is 12.1. The molecule has 8 heteroatoms. The molecule has 0 aliphatic carbocycles. The van der Waals surface area contributed by atoms with Gasteiger partial charge in [0.15, 0.2) is 11.0 Å². The van der Waals surface area contributed by atoms with Gasteiger partial charge in [0.25, 0.3) is 0 Å². The van der Waals surface area contributed by atoms with Crippen LogP contribution in [0.2, 0.25) is 0 Å². The molecule has 5 N–H and O–H groups in total. The Balaban J connectivity index is 0.00000306. The number of hydrogen-bond donors (Lipinski definition) is 3. The highest BCUT2D eigenvalue weighted by Gasteiger charge is 2.11. The van der Waals surface area contributed by atoms with Crippen molar-refractivity contribution < 1.29 is 14.5 Å². The molecule has 0 spiro atoms. The zero-order chi connectivity index (χ0) is 22.3. The molecule has 170 valence electrons. The van der Waals surface area contributed by atoms with Crippen molar-refractivity contribution in [3.8, 4) is 11.1 Å². The number of hydrogen-bond acceptors (Lipinski definition) is 3. The van der Waals surface area contributed by atoms with Crippen LogP contribution in [0.25, 0.3) is 11.1 Å². The number of benzene rings is 3. The van der Waals surface area contributed by atoms with Crippen LogP contribution in [0.5, 0.6) is 0 Å². The number of rotatable bonds is 7. The Morgan fingerprint density at radius 3 is 2.27 bits per heavy atom. The van der Waals surface area contributed by atoms with E-state index in [2.05, 4.69) is 26.8 Å². The van der Waals surface area contributed by atoms with Crippen molar-refractivity contribution in [2.24, 2.45) is 0 Å². The summed E-state index contributed by atoms with van der Waals surface area (Å²) in [6.45, 7) is 2.52. The summed E-state index contributed by atoms with van der Waals surface area (Å²) in [4.78, 5) is 13.9. The molecule has 1 atom stereocenters. The van der Waals surface area contributed by atoms with Crippen LogP contribution in [0.15, 0.2) is 95.2 Å². The van der Waals surface area contributed by atoms with Gasteiger partial charge in [-0.05, 0) is 65.4 Å². The summed E-state index contributed by atoms with van der Waals surface area (Å²) in [6, 6.07) is 26.5. The molecule has 0 fully saturated rings. The van der Waals surface area contributed by atoms with Crippen molar-refractivity contribution in [2.45, 2.75) is 18.4 Å². The molecule has 1 unspecified atom stereocenters. The Kier molecular flexibility index (Phi) is 8.37. The second-order valence-corrected chi connectivity index (χ2v) is 9.39. The highest BCUT2D eigenvalue weighted by atomic mass is 32.2. The second-order valence-electron chi connectivity index (χ2n) is 7.21. The summed E-state index contributed by atoms with van der Waals surface area (Å²) in [6.07, 6.45) is 0. The lowest BCUT2D eigenvalue weighted by Crippen LogP contribution is -2.27. The number of urea groups is 1. The SMILES string of the molecule is Cc1csc(CNC(=O)Nc2ccc(NS(=O)c3ccccc3-c3ccccc3)cc2)c1.O. The molecule has 33 heavy (non-hydrogen) atoms. The van der Waals surface area contributed by atoms with Crippen molar-refractivity contribution in [1.29, 1.82) is 0 Å². The van der Waals surface area contributed by atoms with Crippen LogP contribution in [-0.2, 0) is 17.5 Å². The molecule has 0 radical (unpaired) electrons. The van der Waals surface area contributed by atoms with Gasteiger partial charge in [0.1, 0.15) is 0 Å². The maximum absolute atomic E-state index is 13.0. The lowest BCUT2D eigenvalue weighted by atomic mass is 10.1. The van der Waals surface area contributed by atoms with E-state index in [4.69, 9.17) is 0 Å². The molecular weight excluding hydrogens is 454 g/mol. The highest BCUT2D eigenvalue weighted by molar-refractivity contribution is 7.86. The van der Waals surface area contributed by atoms with Gasteiger partial charge in [0, 0.05) is 16.3 Å². The molecule has 0 bridgehead atoms. The fraction of sp³-hybridized carbons (Fsp3) is 0.0800. The van der Waals surface area contributed by atoms with E-state index in [0.717, 1.165) is 16.0 Å². The Hall–Kier alpha value is -3.46. The number of anilines is 2. The predicted molar refractivity (Wildman–Crippen MR) is 137 cm³/mol. The standard InChI is InChI=1S/C25H23N3O2S2.H2O/c1-18-15-22(31-17-18)16-26-25(29)27-20-11-13-21(14-12-20)28-32(30)24-10-6-5-9-23(24)19-7-3-2-4-8-19;/h2-15,17,28H,16H2,1H3,(H2,26,27,29);1H2. The van der Waals surface area contributed by atoms with E-state index in [1.807, 2.05) is 61.5 Å². The summed E-state index contributed by atoms with van der Waals surface area (Å²) in [7, 11) is -1.43. The van der Waals surface area contributed by atoms with Crippen LogP contribution < -0.4 is 15.4 Å². The van der Waals surface area contributed by atoms with Gasteiger partial charge in [-0.3, -0.25) is 0 Å². The Bertz CT molecular complexity index is 1230. The predicted octanol–water partition coefficient (Wildman–Crippen LogP) is 5.36. The van der Waals surface area contributed by atoms with Gasteiger partial charge in [-0.25, -0.2) is 9.00 Å². The summed E-state index contributed by atoms with van der Waals surface area (Å²) in [5.74, 6) is 0. The minimum absolute atomic E-state index is 0. The van der Waals surface area contributed by atoms with Crippen LogP contribution in [0.1, 0.15) is 10.4 Å². The molecule has 2 amide bonds. The van der Waals surface area contributed by atoms with E-state index in [0.29, 0.717) is 22.8 Å². The van der Waals surface area contributed by atoms with E-state index in [1.54, 1.807) is 35.6 Å². The first-order chi connectivity index (χ1) is 15.6. The highest BCUT2D eigenvalue weighted by Crippen LogP contribution is 2.27. The third-order valence-corrected chi connectivity index (χ3v) is 6.96. The Morgan fingerprint density at radius 2 is 1.58 bits per heavy atom. The molecular formula is C25H25N3O3S2. The maximum atomic E-state index is 13.0. The van der Waals surface area contributed by atoms with Gasteiger partial charge in [-0.1, -0.05) is 48.5 Å². The molecule has 3 aromatic carbocycles. The second kappa shape index (κ2) is 11.4. The molecule has 0 saturated heterocycles. The van der Waals surface area contributed by atoms with Crippen LogP contribution in [0, 0.1) is 6.92 Å². The van der Waals surface area contributed by atoms with Gasteiger partial charge >= 0.3 is 6.03 Å². The fourth-order valence-electron chi connectivity index (χ4n) is 3.19. The molecule has 6 nitrogen and oxygen atoms in total. The quantitative estimate of drug-likeness (QED) is 0.332. The molecule has 4 aromatic rings. The van der Waals surface area contributed by atoms with Crippen molar-refractivity contribution >= 4 is 39.7 Å². The zero-order valence-corrected chi connectivity index (χ0v) is 19.6. The number of carbonyl (C=O) groups excluding carboxylic acids is 1. The van der Waals surface area contributed by atoms with Crippen molar-refractivity contribution in [3.63, 3.8) is 0 Å². The minimum Gasteiger partial charge on any atom is -0.412 e. The van der Waals surface area contributed by atoms with E-state index < -0.39 is 11.0 Å². The summed E-state index contributed by atoms with van der Waals surface area (Å²) in [5.41, 5.74) is 4.49. The van der Waals surface area contributed by atoms with Crippen LogP contribution >= 0.6 is 11.3 Å². The lowest BCUT2D eigenvalue weighted by molar-refractivity contribution is 0.252. The van der Waals surface area contributed by atoms with E-state index >= 15 is 0 Å². The van der Waals surface area contributed by atoms with Crippen LogP contribution in [-0.4, -0.2) is 15.7 Å². The molecule has 1 heterocycles. The number of aryl methyl sites for hydroxylation is 1. The molecule has 0 saturated carbocycles. The third-order valence-electron chi connectivity index (χ3n) is 4.73. The maximum Gasteiger partial charge on any atom is 0.319 e. The average molecular weight is 480 g/mol. The normalized spacial score (nSPS) is 11.2. The number of carbonyl (C=O) groups is 1. The van der Waals surface area contributed by atoms with Crippen molar-refractivity contribution in [3.05, 3.63) is 101 Å². The number of amides is 2. The molecule has 0 aliphatic heterocycles. The number of nitrogens with one attached hydrogen (secondary N) is 3. The monoisotopic (exact) mass is 479 g/mol. The van der Waals surface area contributed by atoms with E-state index in [1.165, 1.54) is 5.56 Å². The molecule has 1 aromatic heterocycles. The fourth-order valence-corrected chi connectivity index (χ4v) is 5.06. The first kappa shape index (κ1) is 24.2. The van der Waals surface area contributed by atoms with E-state index in [-0.39, 0.29) is 11.5 Å². The average Bonchev–Trinajstić information content (AvgIpc) is 3.24. The number of thiophene rings is 1. The van der Waals surface area contributed by atoms with Gasteiger partial charge < -0.3 is 20.8 Å². The molecule has 0 aliphatic rings. The summed E-state index contributed by atoms with van der Waals surface area (Å²) in [5, 5.41) is 7.72.